The molecule has 64 valence electrons. The molecule has 0 aromatic heterocycles. The summed E-state index contributed by atoms with van der Waals surface area (Å²) >= 11 is 0. The van der Waals surface area contributed by atoms with Gasteiger partial charge in [0.2, 0.25) is 0 Å². The third-order valence-electron chi connectivity index (χ3n) is 2.71. The van der Waals surface area contributed by atoms with Crippen molar-refractivity contribution >= 4 is 0 Å². The first-order chi connectivity index (χ1) is 5.27. The molecule has 1 saturated carbocycles. The van der Waals surface area contributed by atoms with Gasteiger partial charge in [-0.1, -0.05) is 0 Å². The molecule has 1 saturated heterocycles. The van der Waals surface area contributed by atoms with E-state index in [1.54, 1.807) is 0 Å². The van der Waals surface area contributed by atoms with Crippen LogP contribution in [-0.4, -0.2) is 35.1 Å². The minimum absolute atomic E-state index is 0.386. The molecule has 0 aromatic carbocycles. The van der Waals surface area contributed by atoms with Crippen molar-refractivity contribution in [2.75, 3.05) is 6.61 Å². The van der Waals surface area contributed by atoms with E-state index in [0.29, 0.717) is 18.4 Å². The fourth-order valence-corrected chi connectivity index (χ4v) is 1.83. The Morgan fingerprint density at radius 1 is 1.09 bits per heavy atom. The second-order valence-corrected chi connectivity index (χ2v) is 3.58. The van der Waals surface area contributed by atoms with Gasteiger partial charge in [0.25, 0.3) is 0 Å². The van der Waals surface area contributed by atoms with Crippen LogP contribution >= 0.6 is 0 Å². The minimum atomic E-state index is -0.516. The second-order valence-electron chi connectivity index (χ2n) is 3.58. The van der Waals surface area contributed by atoms with Crippen LogP contribution in [0, 0.1) is 5.92 Å². The van der Waals surface area contributed by atoms with Crippen molar-refractivity contribution in [3.8, 4) is 0 Å². The number of ether oxygens (including phenoxy) is 1. The summed E-state index contributed by atoms with van der Waals surface area (Å²) in [5.41, 5.74) is 0. The van der Waals surface area contributed by atoms with Gasteiger partial charge in [0.05, 0.1) is 24.9 Å². The molecule has 2 rings (SSSR count). The largest absolute Gasteiger partial charge is 0.390 e. The highest BCUT2D eigenvalue weighted by Crippen LogP contribution is 2.33. The lowest BCUT2D eigenvalue weighted by molar-refractivity contribution is -0.0291. The number of hydrogen-bond acceptors (Lipinski definition) is 3. The van der Waals surface area contributed by atoms with E-state index in [2.05, 4.69) is 0 Å². The number of hydrogen-bond donors (Lipinski definition) is 2. The van der Waals surface area contributed by atoms with Crippen molar-refractivity contribution in [2.24, 2.45) is 5.92 Å². The van der Waals surface area contributed by atoms with Gasteiger partial charge in [-0.05, 0) is 25.2 Å². The van der Waals surface area contributed by atoms with Gasteiger partial charge < -0.3 is 14.9 Å². The molecule has 2 aliphatic rings. The number of aliphatic hydroxyl groups is 2. The fourth-order valence-electron chi connectivity index (χ4n) is 1.83. The molecule has 1 aliphatic carbocycles. The molecular formula is C8H14O3. The second kappa shape index (κ2) is 2.73. The summed E-state index contributed by atoms with van der Waals surface area (Å²) in [7, 11) is 0. The van der Waals surface area contributed by atoms with Gasteiger partial charge >= 0.3 is 0 Å². The summed E-state index contributed by atoms with van der Waals surface area (Å²) in [6.07, 6.45) is 1.82. The molecule has 3 heteroatoms. The Balaban J connectivity index is 1.86. The molecule has 0 bridgehead atoms. The van der Waals surface area contributed by atoms with Gasteiger partial charge in [-0.2, -0.15) is 0 Å². The van der Waals surface area contributed by atoms with Gasteiger partial charge in [0.15, 0.2) is 0 Å². The zero-order valence-electron chi connectivity index (χ0n) is 6.44. The molecule has 1 heterocycles. The van der Waals surface area contributed by atoms with E-state index in [1.807, 2.05) is 0 Å². The highest BCUT2D eigenvalue weighted by atomic mass is 16.6. The van der Waals surface area contributed by atoms with Crippen LogP contribution in [0.15, 0.2) is 0 Å². The SMILES string of the molecule is O[C@@H]1CC[C@H](C2CO2)C[C@@H]1O. The van der Waals surface area contributed by atoms with Crippen LogP contribution in [0.3, 0.4) is 0 Å². The van der Waals surface area contributed by atoms with Gasteiger partial charge in [-0.25, -0.2) is 0 Å². The Morgan fingerprint density at radius 3 is 2.36 bits per heavy atom. The van der Waals surface area contributed by atoms with Crippen LogP contribution in [-0.2, 0) is 4.74 Å². The lowest BCUT2D eigenvalue weighted by atomic mass is 9.83. The molecule has 1 aliphatic heterocycles. The average Bonchev–Trinajstić information content (AvgIpc) is 2.77. The summed E-state index contributed by atoms with van der Waals surface area (Å²) in [5, 5.41) is 18.5. The molecule has 0 spiro atoms. The first kappa shape index (κ1) is 7.53. The Hall–Kier alpha value is -0.120. The van der Waals surface area contributed by atoms with Crippen molar-refractivity contribution in [2.45, 2.75) is 37.6 Å². The third kappa shape index (κ3) is 1.55. The van der Waals surface area contributed by atoms with E-state index in [-0.39, 0.29) is 0 Å². The summed E-state index contributed by atoms with van der Waals surface area (Å²) in [5.74, 6) is 0.494. The number of epoxide rings is 1. The van der Waals surface area contributed by atoms with E-state index >= 15 is 0 Å². The summed E-state index contributed by atoms with van der Waals surface area (Å²) < 4.78 is 5.14. The highest BCUT2D eigenvalue weighted by molar-refractivity contribution is 4.87. The first-order valence-corrected chi connectivity index (χ1v) is 4.25. The van der Waals surface area contributed by atoms with E-state index in [4.69, 9.17) is 4.74 Å². The maximum atomic E-state index is 9.32. The lowest BCUT2D eigenvalue weighted by Crippen LogP contribution is -2.35. The van der Waals surface area contributed by atoms with Gasteiger partial charge in [-0.3, -0.25) is 0 Å². The maximum absolute atomic E-state index is 9.32. The van der Waals surface area contributed by atoms with Crippen molar-refractivity contribution < 1.29 is 14.9 Å². The molecule has 2 N–H and O–H groups in total. The van der Waals surface area contributed by atoms with Gasteiger partial charge in [0, 0.05) is 0 Å². The predicted octanol–water partition coefficient (Wildman–Crippen LogP) is -0.0929. The van der Waals surface area contributed by atoms with Crippen LogP contribution in [0.5, 0.6) is 0 Å². The number of rotatable bonds is 1. The van der Waals surface area contributed by atoms with Crippen LogP contribution in [0.1, 0.15) is 19.3 Å². The quantitative estimate of drug-likeness (QED) is 0.524. The number of aliphatic hydroxyl groups excluding tert-OH is 2. The van der Waals surface area contributed by atoms with E-state index in [0.717, 1.165) is 19.4 Å². The molecule has 0 amide bonds. The Kier molecular flexibility index (Phi) is 1.87. The highest BCUT2D eigenvalue weighted by Gasteiger charge is 2.38. The summed E-state index contributed by atoms with van der Waals surface area (Å²) in [4.78, 5) is 0. The normalized spacial score (nSPS) is 50.7. The lowest BCUT2D eigenvalue weighted by Gasteiger charge is -2.28. The predicted molar refractivity (Wildman–Crippen MR) is 39.1 cm³/mol. The fraction of sp³-hybridized carbons (Fsp3) is 1.00. The Morgan fingerprint density at radius 2 is 1.82 bits per heavy atom. The van der Waals surface area contributed by atoms with Crippen LogP contribution < -0.4 is 0 Å². The maximum Gasteiger partial charge on any atom is 0.0839 e. The standard InChI is InChI=1S/C8H14O3/c9-6-2-1-5(3-7(6)10)8-4-11-8/h5-10H,1-4H2/t5-,6+,7-,8?/m0/s1. The first-order valence-electron chi connectivity index (χ1n) is 4.25. The average molecular weight is 158 g/mol. The van der Waals surface area contributed by atoms with Crippen molar-refractivity contribution in [1.29, 1.82) is 0 Å². The summed E-state index contributed by atoms with van der Waals surface area (Å²) in [6, 6.07) is 0. The Labute approximate surface area is 66.0 Å². The monoisotopic (exact) mass is 158 g/mol. The van der Waals surface area contributed by atoms with Crippen LogP contribution in [0.2, 0.25) is 0 Å². The van der Waals surface area contributed by atoms with Crippen molar-refractivity contribution in [3.63, 3.8) is 0 Å². The van der Waals surface area contributed by atoms with E-state index in [1.165, 1.54) is 0 Å². The van der Waals surface area contributed by atoms with Crippen LogP contribution in [0.4, 0.5) is 0 Å². The molecular weight excluding hydrogens is 144 g/mol. The van der Waals surface area contributed by atoms with E-state index < -0.39 is 12.2 Å². The minimum Gasteiger partial charge on any atom is -0.390 e. The molecule has 0 aromatic rings. The van der Waals surface area contributed by atoms with Crippen molar-refractivity contribution in [3.05, 3.63) is 0 Å². The third-order valence-corrected chi connectivity index (χ3v) is 2.71. The molecule has 1 unspecified atom stereocenters. The molecule has 0 radical (unpaired) electrons. The zero-order valence-corrected chi connectivity index (χ0v) is 6.44. The smallest absolute Gasteiger partial charge is 0.0839 e. The zero-order chi connectivity index (χ0) is 7.84. The molecule has 3 nitrogen and oxygen atoms in total. The summed E-state index contributed by atoms with van der Waals surface area (Å²) in [6.45, 7) is 0.855. The Bertz CT molecular complexity index is 144. The molecule has 4 atom stereocenters. The van der Waals surface area contributed by atoms with E-state index in [9.17, 15) is 10.2 Å². The van der Waals surface area contributed by atoms with Gasteiger partial charge in [-0.15, -0.1) is 0 Å². The van der Waals surface area contributed by atoms with Crippen LogP contribution in [0.25, 0.3) is 0 Å². The molecule has 11 heavy (non-hydrogen) atoms. The van der Waals surface area contributed by atoms with Crippen molar-refractivity contribution in [1.82, 2.24) is 0 Å². The topological polar surface area (TPSA) is 53.0 Å². The van der Waals surface area contributed by atoms with Gasteiger partial charge in [0.1, 0.15) is 0 Å². The molecule has 2 fully saturated rings.